The molecule has 1 aliphatic rings. The third-order valence-electron chi connectivity index (χ3n) is 6.89. The van der Waals surface area contributed by atoms with Crippen molar-refractivity contribution in [1.29, 1.82) is 0 Å². The van der Waals surface area contributed by atoms with Crippen LogP contribution in [0.2, 0.25) is 0 Å². The summed E-state index contributed by atoms with van der Waals surface area (Å²) in [6.07, 6.45) is -3.04. The van der Waals surface area contributed by atoms with E-state index in [1.165, 1.54) is 31.7 Å². The maximum atomic E-state index is 13.9. The van der Waals surface area contributed by atoms with E-state index >= 15 is 0 Å². The van der Waals surface area contributed by atoms with Crippen molar-refractivity contribution in [3.8, 4) is 5.88 Å². The van der Waals surface area contributed by atoms with Crippen molar-refractivity contribution >= 4 is 30.6 Å². The summed E-state index contributed by atoms with van der Waals surface area (Å²) in [4.78, 5) is 27.5. The highest BCUT2D eigenvalue weighted by Gasteiger charge is 2.55. The molecule has 3 heterocycles. The fourth-order valence-corrected chi connectivity index (χ4v) is 6.22. The average molecular weight is 604 g/mol. The molecule has 0 saturated carbocycles. The second-order valence-corrected chi connectivity index (χ2v) is 11.7. The lowest BCUT2D eigenvalue weighted by Gasteiger charge is -2.28. The first kappa shape index (κ1) is 31.3. The van der Waals surface area contributed by atoms with Crippen LogP contribution in [0.5, 0.6) is 5.88 Å². The molecule has 17 heteroatoms. The lowest BCUT2D eigenvalue weighted by atomic mass is 9.93. The molecule has 1 aliphatic heterocycles. The van der Waals surface area contributed by atoms with Crippen molar-refractivity contribution in [2.75, 3.05) is 18.9 Å². The van der Waals surface area contributed by atoms with Gasteiger partial charge >= 0.3 is 7.75 Å². The molecule has 0 spiro atoms. The van der Waals surface area contributed by atoms with Crippen LogP contribution in [0.4, 0.5) is 5.95 Å². The van der Waals surface area contributed by atoms with Gasteiger partial charge in [-0.1, -0.05) is 35.4 Å². The third-order valence-corrected chi connectivity index (χ3v) is 8.68. The SMILES string of the molecule is CCOc1nc(N)nc2c1ncn2[C@@H]1O[C@H](COP(=O)(N[C@@H](C)C(C)=O)OC(C)c2ccccc2)[C@@H](O)[C@@]1(C)N=[N+]=[N-]. The van der Waals surface area contributed by atoms with E-state index in [0.29, 0.717) is 6.61 Å². The number of azide groups is 1. The van der Waals surface area contributed by atoms with Crippen LogP contribution in [0, 0.1) is 0 Å². The molecule has 1 fully saturated rings. The van der Waals surface area contributed by atoms with Crippen LogP contribution in [0.3, 0.4) is 0 Å². The normalized spacial score (nSPS) is 25.0. The quantitative estimate of drug-likeness (QED) is 0.110. The standard InChI is InChI=1S/C25H34N9O7P/c1-6-38-22-19-21(29-24(26)30-22)34(13-28-19)23-25(5,32-33-27)20(36)18(40-23)12-39-42(37,31-14(2)15(3)35)41-16(4)17-10-8-7-9-11-17/h7-11,13-14,16,18,20,23,36H,6,12H2,1-5H3,(H,31,37)(H2,26,29,30)/t14-,16?,18+,20+,23+,25+,42?/m0/s1. The van der Waals surface area contributed by atoms with Gasteiger partial charge in [0.05, 0.1) is 37.8 Å². The number of hydrogen-bond acceptors (Lipinski definition) is 12. The Morgan fingerprint density at radius 3 is 2.71 bits per heavy atom. The van der Waals surface area contributed by atoms with Crippen LogP contribution in [0.25, 0.3) is 21.6 Å². The van der Waals surface area contributed by atoms with Crippen LogP contribution >= 0.6 is 7.75 Å². The molecule has 0 amide bonds. The minimum Gasteiger partial charge on any atom is -0.476 e. The number of imidazole rings is 1. The van der Waals surface area contributed by atoms with E-state index in [1.807, 2.05) is 18.2 Å². The van der Waals surface area contributed by atoms with Crippen molar-refractivity contribution in [3.05, 3.63) is 52.7 Å². The van der Waals surface area contributed by atoms with E-state index in [2.05, 4.69) is 30.1 Å². The number of carbonyl (C=O) groups excluding carboxylic acids is 1. The number of aliphatic hydroxyl groups excluding tert-OH is 1. The van der Waals surface area contributed by atoms with Gasteiger partial charge in [-0.15, -0.1) is 0 Å². The number of aromatic nitrogens is 4. The summed E-state index contributed by atoms with van der Waals surface area (Å²) >= 11 is 0. The number of rotatable bonds is 13. The lowest BCUT2D eigenvalue weighted by molar-refractivity contribution is -0.118. The number of benzene rings is 1. The van der Waals surface area contributed by atoms with Gasteiger partial charge in [-0.25, -0.2) is 14.6 Å². The Morgan fingerprint density at radius 1 is 1.36 bits per heavy atom. The van der Waals surface area contributed by atoms with Gasteiger partial charge in [0, 0.05) is 4.91 Å². The number of nitrogens with two attached hydrogens (primary N) is 1. The topological polar surface area (TPSA) is 222 Å². The van der Waals surface area contributed by atoms with Gasteiger partial charge in [0.25, 0.3) is 0 Å². The zero-order chi connectivity index (χ0) is 30.7. The first-order valence-corrected chi connectivity index (χ1v) is 14.8. The summed E-state index contributed by atoms with van der Waals surface area (Å²) in [6, 6.07) is 8.18. The maximum absolute atomic E-state index is 13.9. The Balaban J connectivity index is 1.63. The summed E-state index contributed by atoms with van der Waals surface area (Å²) in [5.74, 6) is -0.227. The summed E-state index contributed by atoms with van der Waals surface area (Å²) in [5.41, 5.74) is 14.9. The number of aliphatic hydroxyl groups is 1. The van der Waals surface area contributed by atoms with E-state index < -0.39 is 50.5 Å². The van der Waals surface area contributed by atoms with E-state index in [4.69, 9.17) is 24.3 Å². The van der Waals surface area contributed by atoms with E-state index in [0.717, 1.165) is 5.56 Å². The Hall–Kier alpha value is -3.62. The molecule has 0 radical (unpaired) electrons. The Bertz CT molecular complexity index is 1520. The minimum absolute atomic E-state index is 0.0899. The van der Waals surface area contributed by atoms with Crippen molar-refractivity contribution in [2.24, 2.45) is 5.11 Å². The van der Waals surface area contributed by atoms with Crippen molar-refractivity contribution in [2.45, 2.75) is 70.7 Å². The van der Waals surface area contributed by atoms with E-state index in [1.54, 1.807) is 26.0 Å². The number of fused-ring (bicyclic) bond motifs is 1. The number of nitrogen functional groups attached to an aromatic ring is 1. The molecule has 0 bridgehead atoms. The van der Waals surface area contributed by atoms with E-state index in [-0.39, 0.29) is 28.8 Å². The maximum Gasteiger partial charge on any atom is 0.406 e. The molecule has 2 unspecified atom stereocenters. The number of Topliss-reactive ketones (excluding diaryl/α,β-unsaturated/α-hetero) is 1. The van der Waals surface area contributed by atoms with Crippen LogP contribution in [-0.4, -0.2) is 67.4 Å². The largest absolute Gasteiger partial charge is 0.476 e. The number of anilines is 1. The predicted octanol–water partition coefficient (Wildman–Crippen LogP) is 3.60. The van der Waals surface area contributed by atoms with E-state index in [9.17, 15) is 20.0 Å². The van der Waals surface area contributed by atoms with Crippen molar-refractivity contribution < 1.29 is 33.0 Å². The number of carbonyl (C=O) groups is 1. The van der Waals surface area contributed by atoms with Gasteiger partial charge < -0.3 is 20.3 Å². The van der Waals surface area contributed by atoms with Crippen molar-refractivity contribution in [1.82, 2.24) is 24.6 Å². The number of ether oxygens (including phenoxy) is 2. The van der Waals surface area contributed by atoms with Gasteiger partial charge in [0.1, 0.15) is 17.4 Å². The lowest BCUT2D eigenvalue weighted by Crippen LogP contribution is -2.43. The van der Waals surface area contributed by atoms with Crippen molar-refractivity contribution in [3.63, 3.8) is 0 Å². The fourth-order valence-electron chi connectivity index (χ4n) is 4.49. The highest BCUT2D eigenvalue weighted by Crippen LogP contribution is 2.50. The molecule has 2 aromatic heterocycles. The zero-order valence-corrected chi connectivity index (χ0v) is 24.7. The van der Waals surface area contributed by atoms with Crippen LogP contribution in [0.1, 0.15) is 52.5 Å². The molecule has 1 aromatic carbocycles. The summed E-state index contributed by atoms with van der Waals surface area (Å²) < 4.78 is 38.6. The van der Waals surface area contributed by atoms with Gasteiger partial charge in [-0.2, -0.15) is 9.97 Å². The molecular formula is C25H34N9O7P. The fraction of sp³-hybridized carbons (Fsp3) is 0.520. The van der Waals surface area contributed by atoms with Crippen LogP contribution < -0.4 is 15.6 Å². The monoisotopic (exact) mass is 603 g/mol. The van der Waals surface area contributed by atoms with Gasteiger partial charge in [-0.3, -0.25) is 18.4 Å². The molecule has 4 rings (SSSR count). The molecule has 1 saturated heterocycles. The third kappa shape index (κ3) is 6.40. The molecule has 42 heavy (non-hydrogen) atoms. The van der Waals surface area contributed by atoms with Crippen LogP contribution in [-0.2, 0) is 23.1 Å². The second-order valence-electron chi connectivity index (χ2n) is 9.94. The predicted molar refractivity (Wildman–Crippen MR) is 151 cm³/mol. The average Bonchev–Trinajstić information content (AvgIpc) is 3.46. The Morgan fingerprint density at radius 2 is 2.07 bits per heavy atom. The summed E-state index contributed by atoms with van der Waals surface area (Å²) in [5, 5.41) is 17.8. The minimum atomic E-state index is -4.17. The molecule has 16 nitrogen and oxygen atoms in total. The second kappa shape index (κ2) is 12.7. The number of nitrogens with zero attached hydrogens (tertiary/aromatic N) is 7. The van der Waals surface area contributed by atoms with Gasteiger partial charge in [0.2, 0.25) is 11.8 Å². The Labute approximate surface area is 241 Å². The first-order valence-electron chi connectivity index (χ1n) is 13.2. The Kier molecular flexibility index (Phi) is 9.48. The first-order chi connectivity index (χ1) is 19.9. The summed E-state index contributed by atoms with van der Waals surface area (Å²) in [6.45, 7) is 7.66. The highest BCUT2D eigenvalue weighted by atomic mass is 31.2. The van der Waals surface area contributed by atoms with Gasteiger partial charge in [-0.05, 0) is 45.7 Å². The number of nitrogens with one attached hydrogen (secondary N) is 1. The number of ketones is 1. The van der Waals surface area contributed by atoms with Crippen LogP contribution in [0.15, 0.2) is 41.8 Å². The summed E-state index contributed by atoms with van der Waals surface area (Å²) in [7, 11) is -4.17. The molecule has 3 aromatic rings. The molecule has 7 atom stereocenters. The van der Waals surface area contributed by atoms with Gasteiger partial charge in [0.15, 0.2) is 17.4 Å². The molecular weight excluding hydrogens is 569 g/mol. The smallest absolute Gasteiger partial charge is 0.406 e. The molecule has 4 N–H and O–H groups in total. The zero-order valence-electron chi connectivity index (χ0n) is 23.8. The number of hydrogen-bond donors (Lipinski definition) is 3. The molecule has 0 aliphatic carbocycles. The highest BCUT2D eigenvalue weighted by molar-refractivity contribution is 7.51. The molecule has 226 valence electrons.